The summed E-state index contributed by atoms with van der Waals surface area (Å²) in [6.45, 7) is 3.13. The highest BCUT2D eigenvalue weighted by Gasteiger charge is 2.23. The molecule has 2 rings (SSSR count). The molecule has 0 aromatic carbocycles. The number of nitrogens with one attached hydrogen (secondary N) is 1. The van der Waals surface area contributed by atoms with Crippen molar-refractivity contribution < 1.29 is 4.74 Å². The Hall–Kier alpha value is -1.07. The van der Waals surface area contributed by atoms with Crippen LogP contribution in [0.2, 0.25) is 5.02 Å². The highest BCUT2D eigenvalue weighted by molar-refractivity contribution is 6.33. The molecule has 0 amide bonds. The van der Waals surface area contributed by atoms with Gasteiger partial charge >= 0.3 is 0 Å². The quantitative estimate of drug-likeness (QED) is 0.856. The van der Waals surface area contributed by atoms with Crippen molar-refractivity contribution in [2.75, 3.05) is 19.0 Å². The second-order valence-electron chi connectivity index (χ2n) is 4.80. The summed E-state index contributed by atoms with van der Waals surface area (Å²) in [5.74, 6) is 0.598. The molecule has 1 fully saturated rings. The van der Waals surface area contributed by atoms with Gasteiger partial charge < -0.3 is 10.1 Å². The van der Waals surface area contributed by atoms with E-state index in [1.807, 2.05) is 6.92 Å². The lowest BCUT2D eigenvalue weighted by molar-refractivity contribution is 0.190. The first-order valence-electron chi connectivity index (χ1n) is 6.13. The van der Waals surface area contributed by atoms with Crippen molar-refractivity contribution in [3.8, 4) is 0 Å². The minimum absolute atomic E-state index is 0.0250. The Morgan fingerprint density at radius 2 is 2.39 bits per heavy atom. The highest BCUT2D eigenvalue weighted by atomic mass is 35.5. The summed E-state index contributed by atoms with van der Waals surface area (Å²) in [5.41, 5.74) is 0.259. The second-order valence-corrected chi connectivity index (χ2v) is 5.21. The maximum absolute atomic E-state index is 12.2. The minimum atomic E-state index is -0.155. The molecule has 0 aliphatic heterocycles. The standard InChI is InChI=1S/C12H18ClN3O2/c1-8(7-18-2)15-11-10(13)5-14-16(12(11)17)6-9-3-4-9/h5,8-9,15H,3-4,6-7H2,1-2H3. The van der Waals surface area contributed by atoms with E-state index in [0.29, 0.717) is 29.8 Å². The molecule has 1 atom stereocenters. The Kier molecular flexibility index (Phi) is 4.24. The topological polar surface area (TPSA) is 56.1 Å². The lowest BCUT2D eigenvalue weighted by Crippen LogP contribution is -2.31. The second kappa shape index (κ2) is 5.71. The van der Waals surface area contributed by atoms with Crippen molar-refractivity contribution in [3.05, 3.63) is 21.6 Å². The van der Waals surface area contributed by atoms with Gasteiger partial charge in [-0.15, -0.1) is 0 Å². The first kappa shape index (κ1) is 13.4. The summed E-state index contributed by atoms with van der Waals surface area (Å²) in [6.07, 6.45) is 3.88. The maximum atomic E-state index is 12.2. The first-order chi connectivity index (χ1) is 8.61. The summed E-state index contributed by atoms with van der Waals surface area (Å²) >= 11 is 6.02. The third-order valence-electron chi connectivity index (χ3n) is 2.93. The van der Waals surface area contributed by atoms with Crippen LogP contribution in [0.3, 0.4) is 0 Å². The SMILES string of the molecule is COCC(C)Nc1c(Cl)cnn(CC2CC2)c1=O. The summed E-state index contributed by atoms with van der Waals surface area (Å²) in [4.78, 5) is 12.2. The summed E-state index contributed by atoms with van der Waals surface area (Å²) in [6, 6.07) is 0.0250. The molecule has 0 radical (unpaired) electrons. The molecular formula is C12H18ClN3O2. The number of methoxy groups -OCH3 is 1. The number of halogens is 1. The van der Waals surface area contributed by atoms with E-state index in [-0.39, 0.29) is 11.6 Å². The van der Waals surface area contributed by atoms with E-state index in [9.17, 15) is 4.79 Å². The summed E-state index contributed by atoms with van der Waals surface area (Å²) < 4.78 is 6.52. The predicted molar refractivity (Wildman–Crippen MR) is 71.2 cm³/mol. The van der Waals surface area contributed by atoms with Gasteiger partial charge in [0.1, 0.15) is 5.69 Å². The Balaban J connectivity index is 2.18. The van der Waals surface area contributed by atoms with Gasteiger partial charge in [0.15, 0.2) is 0 Å². The average Bonchev–Trinajstić information content (AvgIpc) is 3.13. The molecule has 0 bridgehead atoms. The number of anilines is 1. The minimum Gasteiger partial charge on any atom is -0.383 e. The van der Waals surface area contributed by atoms with Gasteiger partial charge in [0.25, 0.3) is 5.56 Å². The smallest absolute Gasteiger partial charge is 0.291 e. The molecule has 0 spiro atoms. The monoisotopic (exact) mass is 271 g/mol. The number of rotatable bonds is 6. The van der Waals surface area contributed by atoms with Crippen LogP contribution < -0.4 is 10.9 Å². The van der Waals surface area contributed by atoms with Crippen LogP contribution in [0.5, 0.6) is 0 Å². The molecule has 1 heterocycles. The fourth-order valence-corrected chi connectivity index (χ4v) is 1.99. The van der Waals surface area contributed by atoms with Gasteiger partial charge in [0.2, 0.25) is 0 Å². The molecule has 1 aromatic rings. The van der Waals surface area contributed by atoms with Crippen LogP contribution in [0.4, 0.5) is 5.69 Å². The number of hydrogen-bond acceptors (Lipinski definition) is 4. The molecule has 100 valence electrons. The zero-order valence-electron chi connectivity index (χ0n) is 10.6. The Morgan fingerprint density at radius 1 is 1.67 bits per heavy atom. The average molecular weight is 272 g/mol. The van der Waals surface area contributed by atoms with Crippen molar-refractivity contribution in [2.24, 2.45) is 5.92 Å². The summed E-state index contributed by atoms with van der Waals surface area (Å²) in [7, 11) is 1.62. The van der Waals surface area contributed by atoms with Crippen LogP contribution in [-0.4, -0.2) is 29.5 Å². The lowest BCUT2D eigenvalue weighted by Gasteiger charge is -2.15. The molecule has 1 aliphatic rings. The van der Waals surface area contributed by atoms with E-state index in [4.69, 9.17) is 16.3 Å². The van der Waals surface area contributed by atoms with Gasteiger partial charge in [-0.2, -0.15) is 5.10 Å². The fourth-order valence-electron chi connectivity index (χ4n) is 1.81. The Morgan fingerprint density at radius 3 is 3.00 bits per heavy atom. The van der Waals surface area contributed by atoms with Crippen molar-refractivity contribution in [1.82, 2.24) is 9.78 Å². The van der Waals surface area contributed by atoms with Crippen molar-refractivity contribution >= 4 is 17.3 Å². The Bertz CT molecular complexity index is 471. The number of aromatic nitrogens is 2. The third kappa shape index (κ3) is 3.23. The molecule has 1 unspecified atom stereocenters. The largest absolute Gasteiger partial charge is 0.383 e. The van der Waals surface area contributed by atoms with Gasteiger partial charge in [0.05, 0.1) is 17.8 Å². The molecule has 6 heteroatoms. The lowest BCUT2D eigenvalue weighted by atomic mass is 10.3. The van der Waals surface area contributed by atoms with Crippen molar-refractivity contribution in [1.29, 1.82) is 0 Å². The zero-order valence-corrected chi connectivity index (χ0v) is 11.4. The van der Waals surface area contributed by atoms with Crippen molar-refractivity contribution in [3.63, 3.8) is 0 Å². The molecule has 5 nitrogen and oxygen atoms in total. The maximum Gasteiger partial charge on any atom is 0.291 e. The van der Waals surface area contributed by atoms with Crippen LogP contribution in [0.25, 0.3) is 0 Å². The van der Waals surface area contributed by atoms with Gasteiger partial charge in [-0.3, -0.25) is 4.79 Å². The van der Waals surface area contributed by atoms with Crippen LogP contribution in [0, 0.1) is 5.92 Å². The third-order valence-corrected chi connectivity index (χ3v) is 3.22. The van der Waals surface area contributed by atoms with Crippen molar-refractivity contribution in [2.45, 2.75) is 32.4 Å². The molecule has 1 aliphatic carbocycles. The zero-order chi connectivity index (χ0) is 13.1. The predicted octanol–water partition coefficient (Wildman–Crippen LogP) is 1.75. The molecule has 1 aromatic heterocycles. The molecule has 1 saturated carbocycles. The highest BCUT2D eigenvalue weighted by Crippen LogP contribution is 2.30. The van der Waals surface area contributed by atoms with Gasteiger partial charge in [-0.25, -0.2) is 4.68 Å². The van der Waals surface area contributed by atoms with Gasteiger partial charge in [-0.05, 0) is 25.7 Å². The van der Waals surface area contributed by atoms with E-state index in [2.05, 4.69) is 10.4 Å². The first-order valence-corrected chi connectivity index (χ1v) is 6.50. The van der Waals surface area contributed by atoms with Crippen LogP contribution >= 0.6 is 11.6 Å². The number of nitrogens with zero attached hydrogens (tertiary/aromatic N) is 2. The van der Waals surface area contributed by atoms with E-state index in [1.165, 1.54) is 23.7 Å². The van der Waals surface area contributed by atoms with Gasteiger partial charge in [-0.1, -0.05) is 11.6 Å². The fraction of sp³-hybridized carbons (Fsp3) is 0.667. The number of hydrogen-bond donors (Lipinski definition) is 1. The Labute approximate surface area is 111 Å². The molecule has 18 heavy (non-hydrogen) atoms. The van der Waals surface area contributed by atoms with E-state index in [1.54, 1.807) is 7.11 Å². The number of ether oxygens (including phenoxy) is 1. The van der Waals surface area contributed by atoms with Crippen LogP contribution in [-0.2, 0) is 11.3 Å². The van der Waals surface area contributed by atoms with E-state index >= 15 is 0 Å². The van der Waals surface area contributed by atoms with Gasteiger partial charge in [0, 0.05) is 19.7 Å². The molecular weight excluding hydrogens is 254 g/mol. The van der Waals surface area contributed by atoms with E-state index < -0.39 is 0 Å². The van der Waals surface area contributed by atoms with Crippen LogP contribution in [0.15, 0.2) is 11.0 Å². The van der Waals surface area contributed by atoms with Crippen LogP contribution in [0.1, 0.15) is 19.8 Å². The molecule has 0 saturated heterocycles. The van der Waals surface area contributed by atoms with E-state index in [0.717, 1.165) is 0 Å². The molecule has 1 N–H and O–H groups in total. The summed E-state index contributed by atoms with van der Waals surface area (Å²) in [5, 5.41) is 7.51. The normalized spacial score (nSPS) is 16.6.